The van der Waals surface area contributed by atoms with Gasteiger partial charge in [0.2, 0.25) is 0 Å². The van der Waals surface area contributed by atoms with E-state index in [4.69, 9.17) is 9.72 Å². The average molecular weight is 434 g/mol. The molecule has 2 aromatic carbocycles. The van der Waals surface area contributed by atoms with Crippen molar-refractivity contribution in [3.05, 3.63) is 72.2 Å². The lowest BCUT2D eigenvalue weighted by molar-refractivity contribution is 0.0836. The molecule has 1 saturated heterocycles. The van der Waals surface area contributed by atoms with Gasteiger partial charge in [0.1, 0.15) is 23.0 Å². The second-order valence-corrected chi connectivity index (χ2v) is 7.26. The van der Waals surface area contributed by atoms with Gasteiger partial charge in [-0.15, -0.1) is 10.2 Å². The summed E-state index contributed by atoms with van der Waals surface area (Å²) >= 11 is 0. The number of fused-ring (bicyclic) bond motifs is 1. The van der Waals surface area contributed by atoms with Gasteiger partial charge in [-0.25, -0.2) is 18.7 Å². The van der Waals surface area contributed by atoms with Crippen LogP contribution in [0, 0.1) is 11.6 Å². The maximum absolute atomic E-state index is 14.2. The Morgan fingerprint density at radius 1 is 0.875 bits per heavy atom. The Kier molecular flexibility index (Phi) is 6.75. The van der Waals surface area contributed by atoms with Crippen LogP contribution in [0.5, 0.6) is 0 Å². The van der Waals surface area contributed by atoms with Crippen molar-refractivity contribution >= 4 is 10.9 Å². The largest absolute Gasteiger partial charge is 0.381 e. The van der Waals surface area contributed by atoms with Crippen LogP contribution in [0.25, 0.3) is 33.4 Å². The molecular formula is C25H24F2N4O. The van der Waals surface area contributed by atoms with Gasteiger partial charge >= 0.3 is 0 Å². The molecule has 164 valence electrons. The molecule has 0 bridgehead atoms. The number of hydrogen-bond donors (Lipinski definition) is 0. The topological polar surface area (TPSA) is 60.8 Å². The smallest absolute Gasteiger partial charge is 0.135 e. The Labute approximate surface area is 185 Å². The number of aromatic nitrogens is 4. The van der Waals surface area contributed by atoms with E-state index in [0.717, 1.165) is 35.3 Å². The molecule has 3 heterocycles. The highest BCUT2D eigenvalue weighted by Crippen LogP contribution is 2.31. The number of halogens is 2. The lowest BCUT2D eigenvalue weighted by atomic mass is 9.99. The molecule has 0 amide bonds. The molecule has 0 aliphatic carbocycles. The molecular weight excluding hydrogens is 410 g/mol. The van der Waals surface area contributed by atoms with Crippen LogP contribution in [0.2, 0.25) is 0 Å². The zero-order valence-corrected chi connectivity index (χ0v) is 18.1. The maximum Gasteiger partial charge on any atom is 0.135 e. The second kappa shape index (κ2) is 9.87. The van der Waals surface area contributed by atoms with E-state index in [1.54, 1.807) is 12.3 Å². The van der Waals surface area contributed by atoms with Crippen molar-refractivity contribution in [3.63, 3.8) is 0 Å². The average Bonchev–Trinajstić information content (AvgIpc) is 2.85. The lowest BCUT2D eigenvalue weighted by Gasteiger charge is -2.21. The number of benzene rings is 2. The first-order valence-corrected chi connectivity index (χ1v) is 10.8. The fourth-order valence-corrected chi connectivity index (χ4v) is 3.82. The van der Waals surface area contributed by atoms with E-state index in [-0.39, 0.29) is 17.2 Å². The molecule has 0 radical (unpaired) electrons. The maximum atomic E-state index is 14.2. The zero-order chi connectivity index (χ0) is 22.5. The van der Waals surface area contributed by atoms with Gasteiger partial charge in [0.25, 0.3) is 0 Å². The minimum Gasteiger partial charge on any atom is -0.381 e. The Hall–Kier alpha value is -3.32. The molecule has 1 aliphatic heterocycles. The predicted octanol–water partition coefficient (Wildman–Crippen LogP) is 5.95. The van der Waals surface area contributed by atoms with Gasteiger partial charge in [0, 0.05) is 36.3 Å². The summed E-state index contributed by atoms with van der Waals surface area (Å²) in [6.45, 7) is 5.43. The third-order valence-electron chi connectivity index (χ3n) is 5.37. The van der Waals surface area contributed by atoms with Gasteiger partial charge in [-0.2, -0.15) is 0 Å². The van der Waals surface area contributed by atoms with Crippen LogP contribution in [0.4, 0.5) is 8.78 Å². The third kappa shape index (κ3) is 4.34. The van der Waals surface area contributed by atoms with Crippen LogP contribution in [0.15, 0.2) is 54.7 Å². The SMILES string of the molecule is CC.Fc1cccc(F)c1-c1cc2cccc(-c3ccnc(C4CCOCC4)n3)c2nn1. The predicted molar refractivity (Wildman–Crippen MR) is 120 cm³/mol. The highest BCUT2D eigenvalue weighted by Gasteiger charge is 2.20. The van der Waals surface area contributed by atoms with Crippen molar-refractivity contribution in [2.75, 3.05) is 13.2 Å². The number of hydrogen-bond acceptors (Lipinski definition) is 5. The van der Waals surface area contributed by atoms with Crippen molar-refractivity contribution in [3.8, 4) is 22.5 Å². The fraction of sp³-hybridized carbons (Fsp3) is 0.280. The monoisotopic (exact) mass is 434 g/mol. The van der Waals surface area contributed by atoms with E-state index in [1.165, 1.54) is 18.2 Å². The molecule has 0 spiro atoms. The van der Waals surface area contributed by atoms with E-state index in [1.807, 2.05) is 38.1 Å². The molecule has 1 aliphatic rings. The van der Waals surface area contributed by atoms with Crippen LogP contribution < -0.4 is 0 Å². The summed E-state index contributed by atoms with van der Waals surface area (Å²) < 4.78 is 33.8. The Balaban J connectivity index is 0.00000119. The standard InChI is InChI=1S/C23H18F2N4O.C2H6/c24-17-5-2-6-18(25)21(17)20-13-15-3-1-4-16(22(15)29-28-20)19-7-10-26-23(27-19)14-8-11-30-12-9-14;1-2/h1-7,10,13-14H,8-9,11-12H2;1-2H3. The van der Waals surface area contributed by atoms with Crippen molar-refractivity contribution in [1.29, 1.82) is 0 Å². The second-order valence-electron chi connectivity index (χ2n) is 7.26. The number of nitrogens with zero attached hydrogens (tertiary/aromatic N) is 4. The molecule has 7 heteroatoms. The van der Waals surface area contributed by atoms with E-state index in [0.29, 0.717) is 18.7 Å². The van der Waals surface area contributed by atoms with Crippen LogP contribution in [0.3, 0.4) is 0 Å². The van der Waals surface area contributed by atoms with Crippen molar-refractivity contribution < 1.29 is 13.5 Å². The summed E-state index contributed by atoms with van der Waals surface area (Å²) in [5, 5.41) is 9.13. The van der Waals surface area contributed by atoms with Gasteiger partial charge in [-0.3, -0.25) is 0 Å². The molecule has 0 unspecified atom stereocenters. The summed E-state index contributed by atoms with van der Waals surface area (Å²) in [6.07, 6.45) is 3.55. The molecule has 0 atom stereocenters. The van der Waals surface area contributed by atoms with Gasteiger partial charge in [-0.05, 0) is 37.1 Å². The highest BCUT2D eigenvalue weighted by atomic mass is 19.1. The molecule has 0 N–H and O–H groups in total. The molecule has 5 nitrogen and oxygen atoms in total. The molecule has 2 aromatic heterocycles. The fourth-order valence-electron chi connectivity index (χ4n) is 3.82. The first-order valence-electron chi connectivity index (χ1n) is 10.8. The van der Waals surface area contributed by atoms with Gasteiger partial charge < -0.3 is 4.74 Å². The van der Waals surface area contributed by atoms with Gasteiger partial charge in [0.15, 0.2) is 0 Å². The first-order chi connectivity index (χ1) is 15.7. The molecule has 5 rings (SSSR count). The van der Waals surface area contributed by atoms with Crippen molar-refractivity contribution in [2.45, 2.75) is 32.6 Å². The van der Waals surface area contributed by atoms with E-state index >= 15 is 0 Å². The minimum atomic E-state index is -0.670. The van der Waals surface area contributed by atoms with Crippen LogP contribution in [-0.2, 0) is 4.74 Å². The van der Waals surface area contributed by atoms with E-state index in [2.05, 4.69) is 15.2 Å². The third-order valence-corrected chi connectivity index (χ3v) is 5.37. The van der Waals surface area contributed by atoms with Gasteiger partial charge in [0.05, 0.1) is 17.0 Å². The number of ether oxygens (including phenoxy) is 1. The van der Waals surface area contributed by atoms with Crippen molar-refractivity contribution in [2.24, 2.45) is 0 Å². The Morgan fingerprint density at radius 2 is 1.59 bits per heavy atom. The van der Waals surface area contributed by atoms with Crippen LogP contribution in [0.1, 0.15) is 38.4 Å². The molecule has 4 aromatic rings. The van der Waals surface area contributed by atoms with E-state index < -0.39 is 11.6 Å². The summed E-state index contributed by atoms with van der Waals surface area (Å²) in [7, 11) is 0. The van der Waals surface area contributed by atoms with Crippen molar-refractivity contribution in [1.82, 2.24) is 20.2 Å². The zero-order valence-electron chi connectivity index (χ0n) is 18.1. The normalized spacial score (nSPS) is 14.1. The summed E-state index contributed by atoms with van der Waals surface area (Å²) in [5.41, 5.74) is 2.14. The summed E-state index contributed by atoms with van der Waals surface area (Å²) in [6, 6.07) is 12.9. The summed E-state index contributed by atoms with van der Waals surface area (Å²) in [5.74, 6) is -0.269. The summed E-state index contributed by atoms with van der Waals surface area (Å²) in [4.78, 5) is 9.23. The molecule has 32 heavy (non-hydrogen) atoms. The quantitative estimate of drug-likeness (QED) is 0.399. The van der Waals surface area contributed by atoms with Gasteiger partial charge in [-0.1, -0.05) is 38.1 Å². The Bertz CT molecular complexity index is 1210. The van der Waals surface area contributed by atoms with Crippen LogP contribution >= 0.6 is 0 Å². The highest BCUT2D eigenvalue weighted by molar-refractivity contribution is 5.93. The van der Waals surface area contributed by atoms with E-state index in [9.17, 15) is 8.78 Å². The Morgan fingerprint density at radius 3 is 2.34 bits per heavy atom. The number of rotatable bonds is 3. The molecule has 1 fully saturated rings. The minimum absolute atomic E-state index is 0.154. The first kappa shape index (κ1) is 21.9. The molecule has 0 saturated carbocycles. The lowest BCUT2D eigenvalue weighted by Crippen LogP contribution is -2.16. The van der Waals surface area contributed by atoms with Crippen LogP contribution in [-0.4, -0.2) is 33.4 Å².